The number of anilines is 2. The summed E-state index contributed by atoms with van der Waals surface area (Å²) in [5, 5.41) is 4.68. The number of H-pyrrole nitrogens is 1. The first-order valence-electron chi connectivity index (χ1n) is 12.1. The highest BCUT2D eigenvalue weighted by atomic mass is 35.5. The molecule has 0 atom stereocenters. The summed E-state index contributed by atoms with van der Waals surface area (Å²) in [5.74, 6) is 1.61. The lowest BCUT2D eigenvalue weighted by molar-refractivity contribution is -0.120. The number of benzene rings is 1. The first-order valence-corrected chi connectivity index (χ1v) is 12.5. The Hall–Kier alpha value is -3.91. The third kappa shape index (κ3) is 3.97. The Kier molecular flexibility index (Phi) is 5.60. The van der Waals surface area contributed by atoms with E-state index in [1.165, 1.54) is 0 Å². The molecule has 1 amide bonds. The molecule has 0 spiro atoms. The molecule has 0 bridgehead atoms. The zero-order valence-corrected chi connectivity index (χ0v) is 20.6. The van der Waals surface area contributed by atoms with E-state index in [0.29, 0.717) is 10.8 Å². The molecule has 5 aromatic rings. The van der Waals surface area contributed by atoms with Crippen LogP contribution in [-0.2, 0) is 4.79 Å². The lowest BCUT2D eigenvalue weighted by Gasteiger charge is -2.27. The number of fused-ring (bicyclic) bond motifs is 2. The molecule has 1 aliphatic carbocycles. The summed E-state index contributed by atoms with van der Waals surface area (Å²) in [7, 11) is 0. The van der Waals surface area contributed by atoms with E-state index in [1.54, 1.807) is 12.4 Å². The van der Waals surface area contributed by atoms with Crippen molar-refractivity contribution in [3.63, 3.8) is 0 Å². The van der Waals surface area contributed by atoms with Crippen LogP contribution in [0, 0.1) is 12.8 Å². The molecule has 0 aliphatic heterocycles. The van der Waals surface area contributed by atoms with Crippen LogP contribution in [0.5, 0.6) is 0 Å². The van der Waals surface area contributed by atoms with Crippen molar-refractivity contribution in [2.45, 2.75) is 38.5 Å². The quantitative estimate of drug-likeness (QED) is 0.292. The number of nitrogens with zero attached hydrogens (tertiary/aromatic N) is 4. The number of hydrogen-bond acceptors (Lipinski definition) is 5. The highest BCUT2D eigenvalue weighted by Crippen LogP contribution is 2.39. The van der Waals surface area contributed by atoms with Gasteiger partial charge < -0.3 is 16.0 Å². The molecule has 1 saturated carbocycles. The maximum atomic E-state index is 12.9. The molecule has 1 aliphatic rings. The Bertz CT molecular complexity index is 1580. The van der Waals surface area contributed by atoms with Gasteiger partial charge in [-0.05, 0) is 56.9 Å². The molecule has 4 N–H and O–H groups in total. The second-order valence-corrected chi connectivity index (χ2v) is 9.87. The average Bonchev–Trinajstić information content (AvgIpc) is 3.49. The molecule has 4 aromatic heterocycles. The van der Waals surface area contributed by atoms with Crippen LogP contribution in [0.15, 0.2) is 55.0 Å². The molecule has 1 fully saturated rings. The van der Waals surface area contributed by atoms with Crippen molar-refractivity contribution in [1.82, 2.24) is 24.3 Å². The minimum Gasteiger partial charge on any atom is -0.382 e. The first-order chi connectivity index (χ1) is 17.5. The highest BCUT2D eigenvalue weighted by molar-refractivity contribution is 6.35. The number of carbonyl (C=O) groups is 1. The van der Waals surface area contributed by atoms with Gasteiger partial charge in [-0.1, -0.05) is 23.7 Å². The van der Waals surface area contributed by atoms with Gasteiger partial charge in [0.1, 0.15) is 22.9 Å². The largest absolute Gasteiger partial charge is 0.382 e. The Balaban J connectivity index is 1.27. The lowest BCUT2D eigenvalue weighted by atomic mass is 9.81. The van der Waals surface area contributed by atoms with E-state index in [9.17, 15) is 4.79 Å². The summed E-state index contributed by atoms with van der Waals surface area (Å²) in [6.07, 6.45) is 8.63. The van der Waals surface area contributed by atoms with Gasteiger partial charge >= 0.3 is 0 Å². The van der Waals surface area contributed by atoms with Crippen LogP contribution in [0.2, 0.25) is 5.02 Å². The number of nitrogen functional groups attached to an aromatic ring is 1. The molecule has 0 unspecified atom stereocenters. The van der Waals surface area contributed by atoms with Crippen molar-refractivity contribution < 1.29 is 4.79 Å². The third-order valence-electron chi connectivity index (χ3n) is 7.11. The van der Waals surface area contributed by atoms with Crippen molar-refractivity contribution in [3.05, 3.63) is 71.5 Å². The standard InChI is InChI=1S/C27H26ClN7O/c1-15-5-10-19(14-31-15)32-27(36)17-8-6-16(7-9-17)26-34-23(24-25(29)30-11-12-35(24)26)21-13-18-3-2-4-20(28)22(18)33-21/h2-5,10-14,16-17,33H,6-9H2,1H3,(H2,29,30)(H,32,36)/t16-,17-. The number of amides is 1. The first kappa shape index (κ1) is 22.5. The average molecular weight is 500 g/mol. The molecule has 6 rings (SSSR count). The zero-order chi connectivity index (χ0) is 24.8. The van der Waals surface area contributed by atoms with Crippen LogP contribution < -0.4 is 11.1 Å². The molecule has 182 valence electrons. The topological polar surface area (TPSA) is 114 Å². The Morgan fingerprint density at radius 2 is 2.00 bits per heavy atom. The number of halogens is 1. The number of rotatable bonds is 4. The van der Waals surface area contributed by atoms with Crippen molar-refractivity contribution in [2.24, 2.45) is 5.92 Å². The van der Waals surface area contributed by atoms with Crippen LogP contribution in [0.1, 0.15) is 43.1 Å². The normalized spacial score (nSPS) is 18.1. The van der Waals surface area contributed by atoms with Crippen LogP contribution in [0.3, 0.4) is 0 Å². The maximum absolute atomic E-state index is 12.9. The SMILES string of the molecule is Cc1ccc(NC(=O)[C@H]2CC[C@H](c3nc(-c4cc5cccc(Cl)c5[nH]4)c4c(N)nccn43)CC2)cn1. The van der Waals surface area contributed by atoms with Gasteiger partial charge in [0.05, 0.1) is 28.1 Å². The fourth-order valence-electron chi connectivity index (χ4n) is 5.21. The fraction of sp³-hybridized carbons (Fsp3) is 0.259. The molecule has 8 nitrogen and oxygen atoms in total. The number of aromatic nitrogens is 5. The summed E-state index contributed by atoms with van der Waals surface area (Å²) in [6.45, 7) is 1.93. The summed E-state index contributed by atoms with van der Waals surface area (Å²) in [4.78, 5) is 29.9. The van der Waals surface area contributed by atoms with Gasteiger partial charge in [0, 0.05) is 35.3 Å². The highest BCUT2D eigenvalue weighted by Gasteiger charge is 2.31. The van der Waals surface area contributed by atoms with Gasteiger partial charge in [0.2, 0.25) is 5.91 Å². The smallest absolute Gasteiger partial charge is 0.227 e. The number of imidazole rings is 1. The van der Waals surface area contributed by atoms with E-state index < -0.39 is 0 Å². The van der Waals surface area contributed by atoms with Gasteiger partial charge in [-0.2, -0.15) is 0 Å². The molecule has 4 heterocycles. The third-order valence-corrected chi connectivity index (χ3v) is 7.43. The van der Waals surface area contributed by atoms with Gasteiger partial charge in [-0.15, -0.1) is 0 Å². The fourth-order valence-corrected chi connectivity index (χ4v) is 5.44. The predicted molar refractivity (Wildman–Crippen MR) is 142 cm³/mol. The number of aromatic amines is 1. The minimum absolute atomic E-state index is 0.0316. The number of nitrogens with two attached hydrogens (primary N) is 1. The number of para-hydroxylation sites is 1. The van der Waals surface area contributed by atoms with Crippen molar-refractivity contribution in [3.8, 4) is 11.4 Å². The number of hydrogen-bond donors (Lipinski definition) is 3. The van der Waals surface area contributed by atoms with E-state index in [2.05, 4.69) is 20.3 Å². The summed E-state index contributed by atoms with van der Waals surface area (Å²) in [6, 6.07) is 11.6. The van der Waals surface area contributed by atoms with Gasteiger partial charge in [-0.25, -0.2) is 9.97 Å². The molecular weight excluding hydrogens is 474 g/mol. The number of carbonyl (C=O) groups excluding carboxylic acids is 1. The van der Waals surface area contributed by atoms with E-state index in [0.717, 1.165) is 70.7 Å². The summed E-state index contributed by atoms with van der Waals surface area (Å²) < 4.78 is 2.05. The molecular formula is C27H26ClN7O. The Labute approximate surface area is 212 Å². The molecule has 1 aromatic carbocycles. The molecule has 0 saturated heterocycles. The van der Waals surface area contributed by atoms with E-state index in [-0.39, 0.29) is 17.7 Å². The van der Waals surface area contributed by atoms with E-state index in [1.807, 2.05) is 53.9 Å². The van der Waals surface area contributed by atoms with Gasteiger partial charge in [0.25, 0.3) is 0 Å². The lowest BCUT2D eigenvalue weighted by Crippen LogP contribution is -2.27. The van der Waals surface area contributed by atoms with Gasteiger partial charge in [-0.3, -0.25) is 14.2 Å². The molecule has 36 heavy (non-hydrogen) atoms. The Morgan fingerprint density at radius 1 is 1.17 bits per heavy atom. The Morgan fingerprint density at radius 3 is 2.75 bits per heavy atom. The minimum atomic E-state index is -0.0316. The molecule has 9 heteroatoms. The predicted octanol–water partition coefficient (Wildman–Crippen LogP) is 5.73. The maximum Gasteiger partial charge on any atom is 0.227 e. The summed E-state index contributed by atoms with van der Waals surface area (Å²) >= 11 is 6.40. The van der Waals surface area contributed by atoms with Gasteiger partial charge in [0.15, 0.2) is 0 Å². The van der Waals surface area contributed by atoms with Crippen LogP contribution >= 0.6 is 11.6 Å². The van der Waals surface area contributed by atoms with Crippen molar-refractivity contribution >= 4 is 45.4 Å². The summed E-state index contributed by atoms with van der Waals surface area (Å²) in [5.41, 5.74) is 11.2. The van der Waals surface area contributed by atoms with Crippen LogP contribution in [0.4, 0.5) is 11.5 Å². The second kappa shape index (κ2) is 8.95. The number of aryl methyl sites for hydroxylation is 1. The number of nitrogens with one attached hydrogen (secondary N) is 2. The molecule has 0 radical (unpaired) electrons. The van der Waals surface area contributed by atoms with E-state index in [4.69, 9.17) is 22.3 Å². The second-order valence-electron chi connectivity index (χ2n) is 9.46. The van der Waals surface area contributed by atoms with Crippen LogP contribution in [0.25, 0.3) is 27.8 Å². The van der Waals surface area contributed by atoms with Crippen molar-refractivity contribution in [1.29, 1.82) is 0 Å². The number of pyridine rings is 1. The van der Waals surface area contributed by atoms with Crippen molar-refractivity contribution in [2.75, 3.05) is 11.1 Å². The monoisotopic (exact) mass is 499 g/mol. The zero-order valence-electron chi connectivity index (χ0n) is 19.8. The van der Waals surface area contributed by atoms with Crippen LogP contribution in [-0.4, -0.2) is 30.2 Å². The van der Waals surface area contributed by atoms with E-state index >= 15 is 0 Å².